The van der Waals surface area contributed by atoms with Crippen molar-refractivity contribution in [2.24, 2.45) is 0 Å². The number of ether oxygens (including phenoxy) is 2. The van der Waals surface area contributed by atoms with Gasteiger partial charge in [0, 0.05) is 24.8 Å². The van der Waals surface area contributed by atoms with Gasteiger partial charge in [0.05, 0.1) is 24.8 Å². The van der Waals surface area contributed by atoms with E-state index in [0.717, 1.165) is 48.6 Å². The summed E-state index contributed by atoms with van der Waals surface area (Å²) in [6, 6.07) is 6.47. The van der Waals surface area contributed by atoms with E-state index >= 15 is 0 Å². The van der Waals surface area contributed by atoms with Gasteiger partial charge in [-0.25, -0.2) is 0 Å². The predicted molar refractivity (Wildman–Crippen MR) is 76.4 cm³/mol. The molecule has 2 rings (SSSR count). The van der Waals surface area contributed by atoms with Crippen LogP contribution in [0.2, 0.25) is 0 Å². The number of anilines is 1. The molecule has 100 valence electrons. The number of benzene rings is 1. The van der Waals surface area contributed by atoms with E-state index in [-0.39, 0.29) is 0 Å². The van der Waals surface area contributed by atoms with Crippen molar-refractivity contribution in [1.82, 2.24) is 5.32 Å². The molecule has 1 aromatic carbocycles. The molecule has 1 aliphatic heterocycles. The molecule has 1 unspecified atom stereocenters. The molecule has 0 aromatic heterocycles. The molecule has 4 nitrogen and oxygen atoms in total. The van der Waals surface area contributed by atoms with Crippen molar-refractivity contribution in [3.05, 3.63) is 22.7 Å². The fourth-order valence-corrected chi connectivity index (χ4v) is 2.51. The summed E-state index contributed by atoms with van der Waals surface area (Å²) in [5.74, 6) is 0.850. The summed E-state index contributed by atoms with van der Waals surface area (Å²) in [6.45, 7) is 3.53. The van der Waals surface area contributed by atoms with Crippen molar-refractivity contribution in [2.75, 3.05) is 38.7 Å². The lowest BCUT2D eigenvalue weighted by Crippen LogP contribution is -2.42. The molecule has 18 heavy (non-hydrogen) atoms. The maximum Gasteiger partial charge on any atom is 0.133 e. The first kappa shape index (κ1) is 13.6. The van der Waals surface area contributed by atoms with Crippen LogP contribution in [0.5, 0.6) is 5.75 Å². The zero-order chi connectivity index (χ0) is 12.8. The van der Waals surface area contributed by atoms with E-state index in [9.17, 15) is 0 Å². The average molecular weight is 315 g/mol. The Kier molecular flexibility index (Phi) is 5.28. The Morgan fingerprint density at radius 1 is 1.56 bits per heavy atom. The lowest BCUT2D eigenvalue weighted by Gasteiger charge is -2.24. The zero-order valence-corrected chi connectivity index (χ0v) is 12.1. The molecule has 0 saturated carbocycles. The molecule has 0 amide bonds. The summed E-state index contributed by atoms with van der Waals surface area (Å²) in [7, 11) is 1.67. The number of methoxy groups -OCH3 is 1. The van der Waals surface area contributed by atoms with Gasteiger partial charge in [-0.1, -0.05) is 0 Å². The minimum Gasteiger partial charge on any atom is -0.496 e. The highest BCUT2D eigenvalue weighted by Crippen LogP contribution is 2.27. The molecule has 1 atom stereocenters. The van der Waals surface area contributed by atoms with Crippen molar-refractivity contribution in [3.63, 3.8) is 0 Å². The van der Waals surface area contributed by atoms with Gasteiger partial charge in [0.15, 0.2) is 0 Å². The van der Waals surface area contributed by atoms with E-state index in [1.807, 2.05) is 18.2 Å². The maximum atomic E-state index is 5.42. The fourth-order valence-electron chi connectivity index (χ4n) is 1.97. The Morgan fingerprint density at radius 3 is 3.11 bits per heavy atom. The van der Waals surface area contributed by atoms with E-state index in [1.165, 1.54) is 0 Å². The van der Waals surface area contributed by atoms with Crippen LogP contribution >= 0.6 is 15.9 Å². The van der Waals surface area contributed by atoms with E-state index in [4.69, 9.17) is 9.47 Å². The lowest BCUT2D eigenvalue weighted by atomic mass is 10.2. The first-order chi connectivity index (χ1) is 8.79. The van der Waals surface area contributed by atoms with Crippen LogP contribution in [0.3, 0.4) is 0 Å². The van der Waals surface area contributed by atoms with Crippen LogP contribution in [0.25, 0.3) is 0 Å². The normalized spacial score (nSPS) is 19.6. The summed E-state index contributed by atoms with van der Waals surface area (Å²) < 4.78 is 11.6. The van der Waals surface area contributed by atoms with Crippen LogP contribution in [0.4, 0.5) is 5.69 Å². The van der Waals surface area contributed by atoms with Gasteiger partial charge in [0.1, 0.15) is 5.75 Å². The summed E-state index contributed by atoms with van der Waals surface area (Å²) >= 11 is 3.48. The Hall–Kier alpha value is -0.780. The van der Waals surface area contributed by atoms with Crippen LogP contribution in [-0.4, -0.2) is 39.5 Å². The highest BCUT2D eigenvalue weighted by molar-refractivity contribution is 9.10. The molecule has 0 aliphatic carbocycles. The van der Waals surface area contributed by atoms with Gasteiger partial charge in [-0.05, 0) is 40.5 Å². The zero-order valence-electron chi connectivity index (χ0n) is 10.5. The molecular weight excluding hydrogens is 296 g/mol. The molecule has 0 spiro atoms. The lowest BCUT2D eigenvalue weighted by molar-refractivity contribution is 0.0753. The van der Waals surface area contributed by atoms with Gasteiger partial charge in [-0.3, -0.25) is 0 Å². The van der Waals surface area contributed by atoms with E-state index in [1.54, 1.807) is 7.11 Å². The van der Waals surface area contributed by atoms with Crippen LogP contribution in [0.15, 0.2) is 22.7 Å². The number of halogens is 1. The van der Waals surface area contributed by atoms with E-state index in [0.29, 0.717) is 6.04 Å². The Labute approximate surface area is 116 Å². The smallest absolute Gasteiger partial charge is 0.133 e. The van der Waals surface area contributed by atoms with Crippen LogP contribution < -0.4 is 15.4 Å². The molecule has 1 saturated heterocycles. The third-order valence-electron chi connectivity index (χ3n) is 2.97. The van der Waals surface area contributed by atoms with Gasteiger partial charge in [0.2, 0.25) is 0 Å². The average Bonchev–Trinajstić information content (AvgIpc) is 2.40. The highest BCUT2D eigenvalue weighted by atomic mass is 79.9. The van der Waals surface area contributed by atoms with Crippen molar-refractivity contribution in [2.45, 2.75) is 12.5 Å². The monoisotopic (exact) mass is 314 g/mol. The molecule has 5 heteroatoms. The fraction of sp³-hybridized carbons (Fsp3) is 0.538. The molecule has 0 bridgehead atoms. The number of hydrogen-bond acceptors (Lipinski definition) is 4. The summed E-state index contributed by atoms with van der Waals surface area (Å²) in [5.41, 5.74) is 1.10. The topological polar surface area (TPSA) is 42.5 Å². The molecular formula is C13H19BrN2O2. The SMILES string of the molecule is COc1ccc(NCCC2COCCN2)cc1Br. The largest absolute Gasteiger partial charge is 0.496 e. The van der Waals surface area contributed by atoms with Crippen LogP contribution in [-0.2, 0) is 4.74 Å². The molecule has 1 heterocycles. The molecule has 1 aliphatic rings. The van der Waals surface area contributed by atoms with Gasteiger partial charge in [-0.15, -0.1) is 0 Å². The van der Waals surface area contributed by atoms with E-state index in [2.05, 4.69) is 26.6 Å². The van der Waals surface area contributed by atoms with Crippen molar-refractivity contribution in [3.8, 4) is 5.75 Å². The Morgan fingerprint density at radius 2 is 2.44 bits per heavy atom. The summed E-state index contributed by atoms with van der Waals surface area (Å²) in [5, 5.41) is 6.84. The van der Waals surface area contributed by atoms with Crippen molar-refractivity contribution in [1.29, 1.82) is 0 Å². The molecule has 1 fully saturated rings. The third-order valence-corrected chi connectivity index (χ3v) is 3.59. The standard InChI is InChI=1S/C13H19BrN2O2/c1-17-13-3-2-10(8-12(13)14)15-5-4-11-9-18-7-6-16-11/h2-3,8,11,15-16H,4-7,9H2,1H3. The Bertz CT molecular complexity index is 381. The van der Waals surface area contributed by atoms with Crippen molar-refractivity contribution >= 4 is 21.6 Å². The highest BCUT2D eigenvalue weighted by Gasteiger charge is 2.12. The van der Waals surface area contributed by atoms with Crippen LogP contribution in [0, 0.1) is 0 Å². The van der Waals surface area contributed by atoms with Gasteiger partial charge in [-0.2, -0.15) is 0 Å². The van der Waals surface area contributed by atoms with E-state index < -0.39 is 0 Å². The number of nitrogens with one attached hydrogen (secondary N) is 2. The maximum absolute atomic E-state index is 5.42. The molecule has 2 N–H and O–H groups in total. The summed E-state index contributed by atoms with van der Waals surface area (Å²) in [6.07, 6.45) is 1.06. The molecule has 0 radical (unpaired) electrons. The third kappa shape index (κ3) is 3.86. The van der Waals surface area contributed by atoms with Gasteiger partial charge >= 0.3 is 0 Å². The first-order valence-electron chi connectivity index (χ1n) is 6.18. The second-order valence-electron chi connectivity index (χ2n) is 4.29. The first-order valence-corrected chi connectivity index (χ1v) is 6.97. The second-order valence-corrected chi connectivity index (χ2v) is 5.15. The quantitative estimate of drug-likeness (QED) is 0.875. The number of rotatable bonds is 5. The van der Waals surface area contributed by atoms with Crippen molar-refractivity contribution < 1.29 is 9.47 Å². The number of hydrogen-bond donors (Lipinski definition) is 2. The van der Waals surface area contributed by atoms with Gasteiger partial charge in [0.25, 0.3) is 0 Å². The Balaban J connectivity index is 1.77. The number of morpholine rings is 1. The van der Waals surface area contributed by atoms with Gasteiger partial charge < -0.3 is 20.1 Å². The predicted octanol–water partition coefficient (Wildman–Crippen LogP) is 2.25. The minimum atomic E-state index is 0.466. The van der Waals surface area contributed by atoms with Crippen LogP contribution in [0.1, 0.15) is 6.42 Å². The molecule has 1 aromatic rings. The second kappa shape index (κ2) is 6.97. The summed E-state index contributed by atoms with van der Waals surface area (Å²) in [4.78, 5) is 0. The minimum absolute atomic E-state index is 0.466.